The highest BCUT2D eigenvalue weighted by Crippen LogP contribution is 2.19. The summed E-state index contributed by atoms with van der Waals surface area (Å²) < 4.78 is 26.4. The second-order valence-corrected chi connectivity index (χ2v) is 8.90. The van der Waals surface area contributed by atoms with Crippen LogP contribution in [0.2, 0.25) is 0 Å². The van der Waals surface area contributed by atoms with Gasteiger partial charge in [-0.05, 0) is 61.7 Å². The lowest BCUT2D eigenvalue weighted by atomic mass is 10.1. The van der Waals surface area contributed by atoms with Crippen molar-refractivity contribution < 1.29 is 13.2 Å². The Balaban J connectivity index is 1.95. The van der Waals surface area contributed by atoms with Crippen molar-refractivity contribution in [1.29, 1.82) is 0 Å². The predicted octanol–water partition coefficient (Wildman–Crippen LogP) is 3.77. The summed E-state index contributed by atoms with van der Waals surface area (Å²) >= 11 is 0. The lowest BCUT2D eigenvalue weighted by molar-refractivity contribution is -0.114. The van der Waals surface area contributed by atoms with Gasteiger partial charge < -0.3 is 10.6 Å². The largest absolute Gasteiger partial charge is 0.376 e. The lowest BCUT2D eigenvalue weighted by Gasteiger charge is -2.17. The summed E-state index contributed by atoms with van der Waals surface area (Å²) in [6, 6.07) is 12.2. The molecule has 1 amide bonds. The number of anilines is 2. The van der Waals surface area contributed by atoms with Crippen LogP contribution in [-0.4, -0.2) is 38.8 Å². The third-order valence-corrected chi connectivity index (χ3v) is 6.59. The SMILES string of the molecule is CCCCN(C)S(=O)(=O)c1ccc(NCC(=O)Nc2cccc(C)c2C)cc1. The van der Waals surface area contributed by atoms with Gasteiger partial charge in [0.05, 0.1) is 11.4 Å². The minimum Gasteiger partial charge on any atom is -0.376 e. The Morgan fingerprint density at radius 3 is 2.39 bits per heavy atom. The van der Waals surface area contributed by atoms with Crippen molar-refractivity contribution in [1.82, 2.24) is 4.31 Å². The smallest absolute Gasteiger partial charge is 0.243 e. The van der Waals surface area contributed by atoms with Crippen LogP contribution in [0.1, 0.15) is 30.9 Å². The highest BCUT2D eigenvalue weighted by molar-refractivity contribution is 7.89. The van der Waals surface area contributed by atoms with E-state index in [1.165, 1.54) is 4.31 Å². The van der Waals surface area contributed by atoms with Crippen LogP contribution in [-0.2, 0) is 14.8 Å². The topological polar surface area (TPSA) is 78.5 Å². The number of benzene rings is 2. The van der Waals surface area contributed by atoms with Crippen molar-refractivity contribution in [3.05, 3.63) is 53.6 Å². The van der Waals surface area contributed by atoms with Crippen molar-refractivity contribution in [2.75, 3.05) is 30.8 Å². The van der Waals surface area contributed by atoms with Gasteiger partial charge in [0.25, 0.3) is 0 Å². The Bertz CT molecular complexity index is 909. The summed E-state index contributed by atoms with van der Waals surface area (Å²) in [5.74, 6) is -0.162. The number of sulfonamides is 1. The zero-order valence-electron chi connectivity index (χ0n) is 17.0. The van der Waals surface area contributed by atoms with Crippen LogP contribution in [0.3, 0.4) is 0 Å². The molecular formula is C21H29N3O3S. The predicted molar refractivity (Wildman–Crippen MR) is 114 cm³/mol. The van der Waals surface area contributed by atoms with Crippen molar-refractivity contribution in [2.24, 2.45) is 0 Å². The van der Waals surface area contributed by atoms with Gasteiger partial charge >= 0.3 is 0 Å². The molecule has 0 bridgehead atoms. The number of nitrogens with one attached hydrogen (secondary N) is 2. The number of aryl methyl sites for hydroxylation is 1. The fraction of sp³-hybridized carbons (Fsp3) is 0.381. The Hall–Kier alpha value is -2.38. The minimum atomic E-state index is -3.48. The lowest BCUT2D eigenvalue weighted by Crippen LogP contribution is -2.28. The van der Waals surface area contributed by atoms with E-state index >= 15 is 0 Å². The highest BCUT2D eigenvalue weighted by atomic mass is 32.2. The summed E-state index contributed by atoms with van der Waals surface area (Å²) in [6.07, 6.45) is 1.76. The van der Waals surface area contributed by atoms with Gasteiger partial charge in [0.15, 0.2) is 0 Å². The number of carbonyl (C=O) groups is 1. The number of carbonyl (C=O) groups excluding carboxylic acids is 1. The maximum Gasteiger partial charge on any atom is 0.243 e. The zero-order chi connectivity index (χ0) is 20.7. The van der Waals surface area contributed by atoms with Crippen LogP contribution < -0.4 is 10.6 Å². The zero-order valence-corrected chi connectivity index (χ0v) is 17.8. The van der Waals surface area contributed by atoms with Crippen LogP contribution in [0.4, 0.5) is 11.4 Å². The highest BCUT2D eigenvalue weighted by Gasteiger charge is 2.19. The van der Waals surface area contributed by atoms with Gasteiger partial charge in [-0.1, -0.05) is 25.5 Å². The fourth-order valence-electron chi connectivity index (χ4n) is 2.69. The maximum absolute atomic E-state index is 12.5. The van der Waals surface area contributed by atoms with E-state index in [-0.39, 0.29) is 17.3 Å². The van der Waals surface area contributed by atoms with Gasteiger partial charge in [0.1, 0.15) is 0 Å². The van der Waals surface area contributed by atoms with Crippen molar-refractivity contribution in [3.8, 4) is 0 Å². The number of nitrogens with zero attached hydrogens (tertiary/aromatic N) is 1. The van der Waals surface area contributed by atoms with E-state index in [1.807, 2.05) is 39.0 Å². The first-order chi connectivity index (χ1) is 13.3. The van der Waals surface area contributed by atoms with Crippen LogP contribution in [0.15, 0.2) is 47.4 Å². The first-order valence-electron chi connectivity index (χ1n) is 9.42. The van der Waals surface area contributed by atoms with Gasteiger partial charge in [-0.15, -0.1) is 0 Å². The van der Waals surface area contributed by atoms with Crippen LogP contribution in [0, 0.1) is 13.8 Å². The first kappa shape index (κ1) is 21.9. The summed E-state index contributed by atoms with van der Waals surface area (Å²) in [5, 5.41) is 5.91. The number of rotatable bonds is 9. The van der Waals surface area contributed by atoms with Crippen LogP contribution in [0.5, 0.6) is 0 Å². The van der Waals surface area contributed by atoms with Crippen molar-refractivity contribution in [3.63, 3.8) is 0 Å². The van der Waals surface area contributed by atoms with Crippen molar-refractivity contribution >= 4 is 27.3 Å². The van der Waals surface area contributed by atoms with Gasteiger partial charge in [-0.2, -0.15) is 0 Å². The molecule has 7 heteroatoms. The molecule has 28 heavy (non-hydrogen) atoms. The molecule has 0 aliphatic rings. The number of amides is 1. The molecule has 0 heterocycles. The van der Waals surface area contributed by atoms with E-state index in [2.05, 4.69) is 10.6 Å². The number of hydrogen-bond donors (Lipinski definition) is 2. The quantitative estimate of drug-likeness (QED) is 0.668. The molecule has 0 aliphatic heterocycles. The summed E-state index contributed by atoms with van der Waals surface area (Å²) in [7, 11) is -1.89. The average Bonchev–Trinajstić information content (AvgIpc) is 2.68. The van der Waals surface area contributed by atoms with E-state index in [1.54, 1.807) is 31.3 Å². The van der Waals surface area contributed by atoms with Crippen LogP contribution in [0.25, 0.3) is 0 Å². The second-order valence-electron chi connectivity index (χ2n) is 6.85. The normalized spacial score (nSPS) is 11.5. The van der Waals surface area contributed by atoms with Gasteiger partial charge in [-0.3, -0.25) is 4.79 Å². The molecule has 2 rings (SSSR count). The minimum absolute atomic E-state index is 0.0931. The second kappa shape index (κ2) is 9.71. The molecule has 2 aromatic rings. The molecule has 0 aromatic heterocycles. The molecule has 6 nitrogen and oxygen atoms in total. The standard InChI is InChI=1S/C21H29N3O3S/c1-5-6-14-24(4)28(26,27)19-12-10-18(11-13-19)22-15-21(25)23-20-9-7-8-16(2)17(20)3/h7-13,22H,5-6,14-15H2,1-4H3,(H,23,25). The van der Waals surface area contributed by atoms with Gasteiger partial charge in [0, 0.05) is 25.0 Å². The Morgan fingerprint density at radius 1 is 1.07 bits per heavy atom. The molecule has 152 valence electrons. The molecule has 2 aromatic carbocycles. The van der Waals surface area contributed by atoms with E-state index in [4.69, 9.17) is 0 Å². The van der Waals surface area contributed by atoms with Gasteiger partial charge in [0.2, 0.25) is 15.9 Å². The molecule has 0 spiro atoms. The van der Waals surface area contributed by atoms with Gasteiger partial charge in [-0.25, -0.2) is 12.7 Å². The molecule has 0 aliphatic carbocycles. The maximum atomic E-state index is 12.5. The average molecular weight is 404 g/mol. The van der Waals surface area contributed by atoms with E-state index in [0.717, 1.165) is 29.7 Å². The fourth-order valence-corrected chi connectivity index (χ4v) is 3.90. The Kier molecular flexibility index (Phi) is 7.60. The third-order valence-electron chi connectivity index (χ3n) is 4.72. The third kappa shape index (κ3) is 5.56. The van der Waals surface area contributed by atoms with E-state index < -0.39 is 10.0 Å². The molecule has 0 unspecified atom stereocenters. The molecule has 0 radical (unpaired) electrons. The Labute approximate surface area is 168 Å². The number of unbranched alkanes of at least 4 members (excludes halogenated alkanes) is 1. The van der Waals surface area contributed by atoms with E-state index in [0.29, 0.717) is 12.2 Å². The first-order valence-corrected chi connectivity index (χ1v) is 10.9. The monoisotopic (exact) mass is 403 g/mol. The van der Waals surface area contributed by atoms with Crippen LogP contribution >= 0.6 is 0 Å². The summed E-state index contributed by atoms with van der Waals surface area (Å²) in [4.78, 5) is 12.4. The molecular weight excluding hydrogens is 374 g/mol. The summed E-state index contributed by atoms with van der Waals surface area (Å²) in [6.45, 7) is 6.58. The van der Waals surface area contributed by atoms with E-state index in [9.17, 15) is 13.2 Å². The molecule has 0 saturated carbocycles. The molecule has 0 fully saturated rings. The molecule has 0 saturated heterocycles. The Morgan fingerprint density at radius 2 is 1.75 bits per heavy atom. The number of hydrogen-bond acceptors (Lipinski definition) is 4. The summed E-state index contributed by atoms with van der Waals surface area (Å²) in [5.41, 5.74) is 3.64. The molecule has 0 atom stereocenters. The molecule has 2 N–H and O–H groups in total. The van der Waals surface area contributed by atoms with Crippen molar-refractivity contribution in [2.45, 2.75) is 38.5 Å².